The van der Waals surface area contributed by atoms with Gasteiger partial charge in [-0.3, -0.25) is 14.8 Å². The van der Waals surface area contributed by atoms with Crippen molar-refractivity contribution in [2.24, 2.45) is 0 Å². The lowest BCUT2D eigenvalue weighted by molar-refractivity contribution is 0.0946. The van der Waals surface area contributed by atoms with Crippen molar-refractivity contribution in [2.75, 3.05) is 18.0 Å². The predicted octanol–water partition coefficient (Wildman–Crippen LogP) is 2.01. The summed E-state index contributed by atoms with van der Waals surface area (Å²) in [5.41, 5.74) is 2.57. The standard InChI is InChI=1S/C16H18N4O/c21-16(19-12-13-3-6-17-7-4-13)15-11-14(5-8-18-15)20-9-1-2-10-20/h3-8,11H,1-2,9-10,12H2,(H,19,21). The first-order chi connectivity index (χ1) is 10.3. The van der Waals surface area contributed by atoms with Crippen molar-refractivity contribution in [3.8, 4) is 0 Å². The molecule has 21 heavy (non-hydrogen) atoms. The van der Waals surface area contributed by atoms with E-state index in [9.17, 15) is 4.79 Å². The summed E-state index contributed by atoms with van der Waals surface area (Å²) >= 11 is 0. The fourth-order valence-corrected chi connectivity index (χ4v) is 2.49. The van der Waals surface area contributed by atoms with Gasteiger partial charge in [-0.05, 0) is 42.7 Å². The van der Waals surface area contributed by atoms with Crippen LogP contribution in [0.1, 0.15) is 28.9 Å². The Bertz CT molecular complexity index is 609. The summed E-state index contributed by atoms with van der Waals surface area (Å²) < 4.78 is 0. The molecule has 3 heterocycles. The van der Waals surface area contributed by atoms with E-state index in [0.717, 1.165) is 24.3 Å². The number of hydrogen-bond donors (Lipinski definition) is 1. The Morgan fingerprint density at radius 1 is 1.14 bits per heavy atom. The zero-order valence-corrected chi connectivity index (χ0v) is 11.8. The molecular formula is C16H18N4O. The minimum atomic E-state index is -0.146. The van der Waals surface area contributed by atoms with Crippen LogP contribution in [0.4, 0.5) is 5.69 Å². The monoisotopic (exact) mass is 282 g/mol. The molecule has 1 N–H and O–H groups in total. The molecule has 5 nitrogen and oxygen atoms in total. The molecule has 1 fully saturated rings. The number of nitrogens with one attached hydrogen (secondary N) is 1. The van der Waals surface area contributed by atoms with Crippen molar-refractivity contribution in [3.63, 3.8) is 0 Å². The highest BCUT2D eigenvalue weighted by atomic mass is 16.1. The molecule has 2 aromatic rings. The first-order valence-corrected chi connectivity index (χ1v) is 7.21. The van der Waals surface area contributed by atoms with Gasteiger partial charge in [-0.1, -0.05) is 0 Å². The Balaban J connectivity index is 1.65. The van der Waals surface area contributed by atoms with Crippen LogP contribution in [-0.2, 0) is 6.54 Å². The van der Waals surface area contributed by atoms with E-state index in [1.54, 1.807) is 18.6 Å². The van der Waals surface area contributed by atoms with E-state index in [0.29, 0.717) is 12.2 Å². The molecule has 5 heteroatoms. The highest BCUT2D eigenvalue weighted by Gasteiger charge is 2.14. The largest absolute Gasteiger partial charge is 0.371 e. The highest BCUT2D eigenvalue weighted by molar-refractivity contribution is 5.93. The third kappa shape index (κ3) is 3.37. The average molecular weight is 282 g/mol. The van der Waals surface area contributed by atoms with Crippen LogP contribution in [-0.4, -0.2) is 29.0 Å². The maximum absolute atomic E-state index is 12.2. The zero-order chi connectivity index (χ0) is 14.5. The fraction of sp³-hybridized carbons (Fsp3) is 0.312. The SMILES string of the molecule is O=C(NCc1ccncc1)c1cc(N2CCCC2)ccn1. The number of pyridine rings is 2. The predicted molar refractivity (Wildman–Crippen MR) is 81.1 cm³/mol. The van der Waals surface area contributed by atoms with Crippen LogP contribution in [0.25, 0.3) is 0 Å². The van der Waals surface area contributed by atoms with E-state index < -0.39 is 0 Å². The maximum atomic E-state index is 12.2. The van der Waals surface area contributed by atoms with Crippen molar-refractivity contribution in [3.05, 3.63) is 54.1 Å². The van der Waals surface area contributed by atoms with Gasteiger partial charge in [-0.25, -0.2) is 0 Å². The molecule has 0 unspecified atom stereocenters. The summed E-state index contributed by atoms with van der Waals surface area (Å²) in [4.78, 5) is 22.6. The van der Waals surface area contributed by atoms with E-state index in [-0.39, 0.29) is 5.91 Å². The maximum Gasteiger partial charge on any atom is 0.270 e. The van der Waals surface area contributed by atoms with E-state index in [4.69, 9.17) is 0 Å². The number of nitrogens with zero attached hydrogens (tertiary/aromatic N) is 3. The molecule has 1 aliphatic heterocycles. The molecule has 0 spiro atoms. The van der Waals surface area contributed by atoms with Crippen LogP contribution in [0, 0.1) is 0 Å². The molecule has 3 rings (SSSR count). The van der Waals surface area contributed by atoms with Gasteiger partial charge in [0.1, 0.15) is 5.69 Å². The molecule has 1 aliphatic rings. The first-order valence-electron chi connectivity index (χ1n) is 7.21. The van der Waals surface area contributed by atoms with Crippen molar-refractivity contribution in [1.82, 2.24) is 15.3 Å². The van der Waals surface area contributed by atoms with Gasteiger partial charge in [0.15, 0.2) is 0 Å². The summed E-state index contributed by atoms with van der Waals surface area (Å²) in [6, 6.07) is 7.60. The molecule has 1 amide bonds. The van der Waals surface area contributed by atoms with Crippen LogP contribution in [0.2, 0.25) is 0 Å². The van der Waals surface area contributed by atoms with Crippen LogP contribution >= 0.6 is 0 Å². The van der Waals surface area contributed by atoms with E-state index in [1.165, 1.54) is 12.8 Å². The summed E-state index contributed by atoms with van der Waals surface area (Å²) in [5, 5.41) is 2.89. The lowest BCUT2D eigenvalue weighted by Gasteiger charge is -2.17. The minimum Gasteiger partial charge on any atom is -0.371 e. The summed E-state index contributed by atoms with van der Waals surface area (Å²) in [6.07, 6.45) is 7.56. The van der Waals surface area contributed by atoms with E-state index in [1.807, 2.05) is 24.3 Å². The van der Waals surface area contributed by atoms with Gasteiger partial charge in [0.2, 0.25) is 0 Å². The topological polar surface area (TPSA) is 58.1 Å². The zero-order valence-electron chi connectivity index (χ0n) is 11.8. The first kappa shape index (κ1) is 13.5. The number of anilines is 1. The normalized spacial score (nSPS) is 14.2. The average Bonchev–Trinajstić information content (AvgIpc) is 3.08. The van der Waals surface area contributed by atoms with E-state index in [2.05, 4.69) is 20.2 Å². The Labute approximate surface area is 124 Å². The van der Waals surface area contributed by atoms with Gasteiger partial charge in [0, 0.05) is 43.9 Å². The third-order valence-corrected chi connectivity index (χ3v) is 3.65. The van der Waals surface area contributed by atoms with Crippen molar-refractivity contribution in [1.29, 1.82) is 0 Å². The number of aromatic nitrogens is 2. The van der Waals surface area contributed by atoms with Crippen molar-refractivity contribution in [2.45, 2.75) is 19.4 Å². The van der Waals surface area contributed by atoms with Crippen molar-refractivity contribution < 1.29 is 4.79 Å². The summed E-state index contributed by atoms with van der Waals surface area (Å²) in [7, 11) is 0. The molecule has 108 valence electrons. The van der Waals surface area contributed by atoms with Gasteiger partial charge >= 0.3 is 0 Å². The van der Waals surface area contributed by atoms with Crippen LogP contribution < -0.4 is 10.2 Å². The number of carbonyl (C=O) groups is 1. The lowest BCUT2D eigenvalue weighted by Crippen LogP contribution is -2.25. The van der Waals surface area contributed by atoms with Gasteiger partial charge in [-0.2, -0.15) is 0 Å². The van der Waals surface area contributed by atoms with Gasteiger partial charge in [-0.15, -0.1) is 0 Å². The molecule has 2 aromatic heterocycles. The number of hydrogen-bond acceptors (Lipinski definition) is 4. The summed E-state index contributed by atoms with van der Waals surface area (Å²) in [6.45, 7) is 2.60. The highest BCUT2D eigenvalue weighted by Crippen LogP contribution is 2.20. The molecule has 0 aromatic carbocycles. The smallest absolute Gasteiger partial charge is 0.270 e. The van der Waals surface area contributed by atoms with Gasteiger partial charge < -0.3 is 10.2 Å². The Morgan fingerprint density at radius 2 is 1.90 bits per heavy atom. The lowest BCUT2D eigenvalue weighted by atomic mass is 10.2. The second-order valence-electron chi connectivity index (χ2n) is 5.13. The summed E-state index contributed by atoms with van der Waals surface area (Å²) in [5.74, 6) is -0.146. The van der Waals surface area contributed by atoms with Crippen LogP contribution in [0.15, 0.2) is 42.9 Å². The quantitative estimate of drug-likeness (QED) is 0.932. The van der Waals surface area contributed by atoms with Crippen LogP contribution in [0.3, 0.4) is 0 Å². The fourth-order valence-electron chi connectivity index (χ4n) is 2.49. The Morgan fingerprint density at radius 3 is 2.67 bits per heavy atom. The second-order valence-corrected chi connectivity index (χ2v) is 5.13. The Kier molecular flexibility index (Phi) is 4.09. The number of carbonyl (C=O) groups excluding carboxylic acids is 1. The van der Waals surface area contributed by atoms with Crippen LogP contribution in [0.5, 0.6) is 0 Å². The van der Waals surface area contributed by atoms with Gasteiger partial charge in [0.05, 0.1) is 0 Å². The number of amides is 1. The number of rotatable bonds is 4. The van der Waals surface area contributed by atoms with Crippen molar-refractivity contribution >= 4 is 11.6 Å². The molecule has 0 bridgehead atoms. The minimum absolute atomic E-state index is 0.146. The molecule has 0 saturated carbocycles. The molecule has 0 aliphatic carbocycles. The van der Waals surface area contributed by atoms with E-state index >= 15 is 0 Å². The molecule has 1 saturated heterocycles. The third-order valence-electron chi connectivity index (χ3n) is 3.65. The molecule has 0 atom stereocenters. The molecule has 0 radical (unpaired) electrons. The van der Waals surface area contributed by atoms with Gasteiger partial charge in [0.25, 0.3) is 5.91 Å². The molecular weight excluding hydrogens is 264 g/mol. The second kappa shape index (κ2) is 6.35. The Hall–Kier alpha value is -2.43.